The molecule has 0 fully saturated rings. The van der Waals surface area contributed by atoms with Crippen molar-refractivity contribution in [2.45, 2.75) is 13.0 Å². The van der Waals surface area contributed by atoms with Crippen LogP contribution in [-0.4, -0.2) is 24.3 Å². The molecule has 116 valence electrons. The van der Waals surface area contributed by atoms with Crippen molar-refractivity contribution in [3.8, 4) is 16.9 Å². The van der Waals surface area contributed by atoms with Gasteiger partial charge >= 0.3 is 0 Å². The Morgan fingerprint density at radius 1 is 1.17 bits per heavy atom. The summed E-state index contributed by atoms with van der Waals surface area (Å²) >= 11 is 0. The van der Waals surface area contributed by atoms with Crippen molar-refractivity contribution in [1.82, 2.24) is 0 Å². The standard InChI is InChI=1S/C19H17NO3/c1-3-19(22)20-12-18(13(2)21)23-17-10-9-15(11-16(17)20)14-7-5-4-6-8-14/h3-11,18H,1,12H2,2H3. The lowest BCUT2D eigenvalue weighted by Crippen LogP contribution is -2.46. The van der Waals surface area contributed by atoms with Crippen LogP contribution in [0.3, 0.4) is 0 Å². The zero-order valence-corrected chi connectivity index (χ0v) is 12.9. The topological polar surface area (TPSA) is 46.6 Å². The van der Waals surface area contributed by atoms with E-state index in [0.717, 1.165) is 11.1 Å². The van der Waals surface area contributed by atoms with Gasteiger partial charge in [0.1, 0.15) is 5.75 Å². The molecule has 2 aromatic rings. The molecule has 4 nitrogen and oxygen atoms in total. The molecule has 4 heteroatoms. The number of ketones is 1. The fourth-order valence-corrected chi connectivity index (χ4v) is 2.62. The minimum atomic E-state index is -0.644. The van der Waals surface area contributed by atoms with Crippen LogP contribution in [0.25, 0.3) is 11.1 Å². The van der Waals surface area contributed by atoms with Crippen LogP contribution >= 0.6 is 0 Å². The Balaban J connectivity index is 2.07. The van der Waals surface area contributed by atoms with Gasteiger partial charge in [-0.1, -0.05) is 43.0 Å². The molecule has 1 unspecified atom stereocenters. The molecule has 0 bridgehead atoms. The molecule has 1 aliphatic heterocycles. The number of anilines is 1. The average Bonchev–Trinajstić information content (AvgIpc) is 2.60. The largest absolute Gasteiger partial charge is 0.479 e. The van der Waals surface area contributed by atoms with Crippen molar-refractivity contribution < 1.29 is 14.3 Å². The van der Waals surface area contributed by atoms with Gasteiger partial charge in [-0.15, -0.1) is 0 Å². The fourth-order valence-electron chi connectivity index (χ4n) is 2.62. The van der Waals surface area contributed by atoms with Crippen LogP contribution in [0, 0.1) is 0 Å². The fraction of sp³-hybridized carbons (Fsp3) is 0.158. The van der Waals surface area contributed by atoms with Crippen molar-refractivity contribution in [2.24, 2.45) is 0 Å². The second-order valence-corrected chi connectivity index (χ2v) is 5.42. The summed E-state index contributed by atoms with van der Waals surface area (Å²) < 4.78 is 5.73. The van der Waals surface area contributed by atoms with Gasteiger partial charge in [-0.05, 0) is 36.3 Å². The van der Waals surface area contributed by atoms with E-state index in [1.165, 1.54) is 13.0 Å². The monoisotopic (exact) mass is 307 g/mol. The Labute approximate surface area is 135 Å². The third-order valence-corrected chi connectivity index (χ3v) is 3.87. The summed E-state index contributed by atoms with van der Waals surface area (Å²) in [5.41, 5.74) is 2.69. The maximum Gasteiger partial charge on any atom is 0.250 e. The number of fused-ring (bicyclic) bond motifs is 1. The second-order valence-electron chi connectivity index (χ2n) is 5.42. The number of carbonyl (C=O) groups is 2. The first-order valence-corrected chi connectivity index (χ1v) is 7.40. The number of benzene rings is 2. The Morgan fingerprint density at radius 3 is 2.57 bits per heavy atom. The van der Waals surface area contributed by atoms with Gasteiger partial charge in [-0.3, -0.25) is 9.59 Å². The quantitative estimate of drug-likeness (QED) is 0.818. The van der Waals surface area contributed by atoms with Crippen molar-refractivity contribution in [2.75, 3.05) is 11.4 Å². The molecule has 0 aromatic heterocycles. The van der Waals surface area contributed by atoms with E-state index in [-0.39, 0.29) is 18.2 Å². The summed E-state index contributed by atoms with van der Waals surface area (Å²) in [7, 11) is 0. The van der Waals surface area contributed by atoms with Crippen LogP contribution < -0.4 is 9.64 Å². The van der Waals surface area contributed by atoms with Gasteiger partial charge in [-0.25, -0.2) is 0 Å². The molecule has 0 saturated heterocycles. The van der Waals surface area contributed by atoms with Gasteiger partial charge in [0.25, 0.3) is 5.91 Å². The summed E-state index contributed by atoms with van der Waals surface area (Å²) in [4.78, 5) is 25.4. The normalized spacial score (nSPS) is 16.2. The van der Waals surface area contributed by atoms with Crippen molar-refractivity contribution >= 4 is 17.4 Å². The molecule has 0 saturated carbocycles. The van der Waals surface area contributed by atoms with E-state index in [1.54, 1.807) is 11.0 Å². The summed E-state index contributed by atoms with van der Waals surface area (Å²) in [6.07, 6.45) is 0.607. The molecule has 1 heterocycles. The number of ether oxygens (including phenoxy) is 1. The molecule has 3 rings (SSSR count). The van der Waals surface area contributed by atoms with Crippen LogP contribution in [0.5, 0.6) is 5.75 Å². The molecule has 23 heavy (non-hydrogen) atoms. The highest BCUT2D eigenvalue weighted by Crippen LogP contribution is 2.37. The third kappa shape index (κ3) is 2.88. The Morgan fingerprint density at radius 2 is 1.91 bits per heavy atom. The Hall–Kier alpha value is -2.88. The molecule has 0 radical (unpaired) electrons. The van der Waals surface area contributed by atoms with Gasteiger partial charge in [-0.2, -0.15) is 0 Å². The summed E-state index contributed by atoms with van der Waals surface area (Å²) in [5.74, 6) is 0.182. The molecule has 0 N–H and O–H groups in total. The van der Waals surface area contributed by atoms with E-state index in [1.807, 2.05) is 42.5 Å². The molecular weight excluding hydrogens is 290 g/mol. The zero-order valence-electron chi connectivity index (χ0n) is 12.9. The van der Waals surface area contributed by atoms with E-state index in [0.29, 0.717) is 11.4 Å². The van der Waals surface area contributed by atoms with E-state index in [2.05, 4.69) is 6.58 Å². The van der Waals surface area contributed by atoms with E-state index in [9.17, 15) is 9.59 Å². The molecule has 0 aliphatic carbocycles. The summed E-state index contributed by atoms with van der Waals surface area (Å²) in [6.45, 7) is 5.20. The number of amides is 1. The third-order valence-electron chi connectivity index (χ3n) is 3.87. The average molecular weight is 307 g/mol. The van der Waals surface area contributed by atoms with E-state index < -0.39 is 6.10 Å². The highest BCUT2D eigenvalue weighted by atomic mass is 16.5. The first kappa shape index (κ1) is 15.0. The van der Waals surface area contributed by atoms with E-state index in [4.69, 9.17) is 4.74 Å². The lowest BCUT2D eigenvalue weighted by Gasteiger charge is -2.33. The summed E-state index contributed by atoms with van der Waals surface area (Å²) in [5, 5.41) is 0. The van der Waals surface area contributed by atoms with Gasteiger partial charge in [0.2, 0.25) is 0 Å². The lowest BCUT2D eigenvalue weighted by atomic mass is 10.0. The lowest BCUT2D eigenvalue weighted by molar-refractivity contribution is -0.124. The first-order chi connectivity index (χ1) is 11.1. The first-order valence-electron chi connectivity index (χ1n) is 7.40. The number of carbonyl (C=O) groups excluding carboxylic acids is 2. The minimum Gasteiger partial charge on any atom is -0.479 e. The highest BCUT2D eigenvalue weighted by Gasteiger charge is 2.31. The van der Waals surface area contributed by atoms with Crippen molar-refractivity contribution in [3.63, 3.8) is 0 Å². The Kier molecular flexibility index (Phi) is 3.98. The zero-order chi connectivity index (χ0) is 16.4. The predicted molar refractivity (Wildman–Crippen MR) is 89.5 cm³/mol. The highest BCUT2D eigenvalue weighted by molar-refractivity contribution is 6.04. The predicted octanol–water partition coefficient (Wildman–Crippen LogP) is 3.22. The number of nitrogens with zero attached hydrogens (tertiary/aromatic N) is 1. The van der Waals surface area contributed by atoms with Crippen LogP contribution in [0.15, 0.2) is 61.2 Å². The van der Waals surface area contributed by atoms with Crippen LogP contribution in [0.2, 0.25) is 0 Å². The van der Waals surface area contributed by atoms with Crippen LogP contribution in [-0.2, 0) is 9.59 Å². The molecule has 0 spiro atoms. The van der Waals surface area contributed by atoms with Crippen LogP contribution in [0.1, 0.15) is 6.92 Å². The molecule has 1 amide bonds. The maximum atomic E-state index is 12.2. The molecule has 1 atom stereocenters. The number of hydrogen-bond donors (Lipinski definition) is 0. The van der Waals surface area contributed by atoms with Gasteiger partial charge in [0.05, 0.1) is 12.2 Å². The van der Waals surface area contributed by atoms with Gasteiger partial charge in [0, 0.05) is 0 Å². The summed E-state index contributed by atoms with van der Waals surface area (Å²) in [6, 6.07) is 15.5. The van der Waals surface area contributed by atoms with Crippen LogP contribution in [0.4, 0.5) is 5.69 Å². The maximum absolute atomic E-state index is 12.2. The number of hydrogen-bond acceptors (Lipinski definition) is 3. The number of Topliss-reactive ketones (excluding diaryl/α,β-unsaturated/α-hetero) is 1. The van der Waals surface area contributed by atoms with Gasteiger partial charge < -0.3 is 9.64 Å². The molecular formula is C19H17NO3. The Bertz CT molecular complexity index is 767. The molecule has 1 aliphatic rings. The minimum absolute atomic E-state index is 0.107. The number of rotatable bonds is 3. The smallest absolute Gasteiger partial charge is 0.250 e. The van der Waals surface area contributed by atoms with E-state index >= 15 is 0 Å². The SMILES string of the molecule is C=CC(=O)N1CC(C(C)=O)Oc2ccc(-c3ccccc3)cc21. The second kappa shape index (κ2) is 6.08. The van der Waals surface area contributed by atoms with Crippen molar-refractivity contribution in [3.05, 3.63) is 61.2 Å². The van der Waals surface area contributed by atoms with Gasteiger partial charge in [0.15, 0.2) is 11.9 Å². The molecule has 2 aromatic carbocycles. The van der Waals surface area contributed by atoms with Crippen molar-refractivity contribution in [1.29, 1.82) is 0 Å².